The molecule has 0 N–H and O–H groups in total. The third kappa shape index (κ3) is 1.80. The van der Waals surface area contributed by atoms with Crippen molar-refractivity contribution in [1.82, 2.24) is 4.57 Å². The van der Waals surface area contributed by atoms with Crippen LogP contribution in [-0.4, -0.2) is 4.57 Å². The molecule has 1 heterocycles. The molecule has 0 atom stereocenters. The highest BCUT2D eigenvalue weighted by molar-refractivity contribution is 9.10. The van der Waals surface area contributed by atoms with Crippen LogP contribution in [0.15, 0.2) is 47.2 Å². The quantitative estimate of drug-likeness (QED) is 0.720. The maximum Gasteiger partial charge on any atom is 0.125 e. The number of halogens is 2. The maximum atomic E-state index is 12.8. The Kier molecular flexibility index (Phi) is 2.19. The summed E-state index contributed by atoms with van der Waals surface area (Å²) in [7, 11) is 0. The normalized spacial score (nSPS) is 10.3. The number of aromatic nitrogens is 1. The molecule has 2 rings (SSSR count). The number of rotatable bonds is 1. The van der Waals surface area contributed by atoms with Crippen LogP contribution in [0, 0.1) is 5.82 Å². The number of hydrogen-bond donors (Lipinski definition) is 0. The van der Waals surface area contributed by atoms with E-state index >= 15 is 0 Å². The predicted octanol–water partition coefficient (Wildman–Crippen LogP) is 3.38. The molecule has 66 valence electrons. The van der Waals surface area contributed by atoms with Crippen LogP contribution in [0.2, 0.25) is 0 Å². The third-order valence-electron chi connectivity index (χ3n) is 1.76. The van der Waals surface area contributed by atoms with E-state index in [1.54, 1.807) is 6.07 Å². The van der Waals surface area contributed by atoms with Crippen molar-refractivity contribution in [2.75, 3.05) is 0 Å². The minimum atomic E-state index is -0.220. The molecular weight excluding hydrogens is 233 g/mol. The first-order valence-electron chi connectivity index (χ1n) is 3.85. The first-order chi connectivity index (χ1) is 6.25. The van der Waals surface area contributed by atoms with Crippen molar-refractivity contribution in [3.8, 4) is 5.69 Å². The molecule has 0 saturated heterocycles. The Balaban J connectivity index is 2.46. The highest BCUT2D eigenvalue weighted by Crippen LogP contribution is 2.15. The van der Waals surface area contributed by atoms with Gasteiger partial charge in [-0.15, -0.1) is 0 Å². The van der Waals surface area contributed by atoms with Gasteiger partial charge in [0.1, 0.15) is 5.82 Å². The Morgan fingerprint density at radius 1 is 1.23 bits per heavy atom. The Morgan fingerprint density at radius 3 is 2.69 bits per heavy atom. The van der Waals surface area contributed by atoms with Crippen LogP contribution >= 0.6 is 15.9 Å². The Morgan fingerprint density at radius 2 is 2.08 bits per heavy atom. The molecule has 0 bridgehead atoms. The molecule has 1 aromatic carbocycles. The lowest BCUT2D eigenvalue weighted by Gasteiger charge is -2.01. The Bertz CT molecular complexity index is 422. The molecule has 0 aliphatic carbocycles. The summed E-state index contributed by atoms with van der Waals surface area (Å²) in [4.78, 5) is 0. The molecule has 2 aromatic rings. The molecular formula is C10H7BrFN. The first-order valence-corrected chi connectivity index (χ1v) is 4.64. The van der Waals surface area contributed by atoms with Gasteiger partial charge in [-0.2, -0.15) is 0 Å². The average molecular weight is 240 g/mol. The predicted molar refractivity (Wildman–Crippen MR) is 53.4 cm³/mol. The number of nitrogens with zero attached hydrogens (tertiary/aromatic N) is 1. The SMILES string of the molecule is Fc1cccc(-n2ccc(Br)c2)c1. The summed E-state index contributed by atoms with van der Waals surface area (Å²) < 4.78 is 15.7. The fraction of sp³-hybridized carbons (Fsp3) is 0. The number of benzene rings is 1. The summed E-state index contributed by atoms with van der Waals surface area (Å²) in [6.07, 6.45) is 3.76. The molecule has 0 aliphatic heterocycles. The molecule has 0 radical (unpaired) electrons. The second kappa shape index (κ2) is 3.34. The average Bonchev–Trinajstić information content (AvgIpc) is 2.52. The lowest BCUT2D eigenvalue weighted by Crippen LogP contribution is -1.89. The van der Waals surface area contributed by atoms with Crippen LogP contribution < -0.4 is 0 Å². The summed E-state index contributed by atoms with van der Waals surface area (Å²) in [5.74, 6) is -0.220. The van der Waals surface area contributed by atoms with E-state index in [1.165, 1.54) is 12.1 Å². The van der Waals surface area contributed by atoms with Crippen molar-refractivity contribution in [3.63, 3.8) is 0 Å². The van der Waals surface area contributed by atoms with Gasteiger partial charge in [0, 0.05) is 22.6 Å². The fourth-order valence-corrected chi connectivity index (χ4v) is 1.51. The van der Waals surface area contributed by atoms with E-state index in [-0.39, 0.29) is 5.82 Å². The van der Waals surface area contributed by atoms with Crippen LogP contribution in [0.3, 0.4) is 0 Å². The third-order valence-corrected chi connectivity index (χ3v) is 2.23. The molecule has 1 nitrogen and oxygen atoms in total. The van der Waals surface area contributed by atoms with Crippen molar-refractivity contribution in [3.05, 3.63) is 53.0 Å². The van der Waals surface area contributed by atoms with Crippen LogP contribution in [-0.2, 0) is 0 Å². The van der Waals surface area contributed by atoms with Gasteiger partial charge in [0.2, 0.25) is 0 Å². The van der Waals surface area contributed by atoms with Crippen molar-refractivity contribution < 1.29 is 4.39 Å². The molecule has 1 aromatic heterocycles. The molecule has 3 heteroatoms. The molecule has 0 unspecified atom stereocenters. The summed E-state index contributed by atoms with van der Waals surface area (Å²) in [5, 5.41) is 0. The molecule has 13 heavy (non-hydrogen) atoms. The molecule has 0 amide bonds. The molecule has 0 spiro atoms. The zero-order chi connectivity index (χ0) is 9.26. The van der Waals surface area contributed by atoms with Gasteiger partial charge in [-0.25, -0.2) is 4.39 Å². The van der Waals surface area contributed by atoms with Crippen LogP contribution in [0.1, 0.15) is 0 Å². The van der Waals surface area contributed by atoms with Crippen LogP contribution in [0.4, 0.5) is 4.39 Å². The van der Waals surface area contributed by atoms with Crippen molar-refractivity contribution in [1.29, 1.82) is 0 Å². The zero-order valence-electron chi connectivity index (χ0n) is 6.74. The lowest BCUT2D eigenvalue weighted by atomic mass is 10.3. The first kappa shape index (κ1) is 8.51. The summed E-state index contributed by atoms with van der Waals surface area (Å²) >= 11 is 3.33. The Hall–Kier alpha value is -1.09. The highest BCUT2D eigenvalue weighted by Gasteiger charge is 1.97. The summed E-state index contributed by atoms with van der Waals surface area (Å²) in [6, 6.07) is 8.38. The van der Waals surface area contributed by atoms with Crippen molar-refractivity contribution >= 4 is 15.9 Å². The van der Waals surface area contributed by atoms with E-state index in [0.717, 1.165) is 10.2 Å². The minimum Gasteiger partial charge on any atom is -0.323 e. The highest BCUT2D eigenvalue weighted by atomic mass is 79.9. The van der Waals surface area contributed by atoms with Gasteiger partial charge in [0.05, 0.1) is 0 Å². The van der Waals surface area contributed by atoms with Gasteiger partial charge < -0.3 is 4.57 Å². The molecule has 0 fully saturated rings. The molecule has 0 aliphatic rings. The van der Waals surface area contributed by atoms with Gasteiger partial charge in [0.15, 0.2) is 0 Å². The van der Waals surface area contributed by atoms with Gasteiger partial charge in [0.25, 0.3) is 0 Å². The largest absolute Gasteiger partial charge is 0.323 e. The molecule has 0 saturated carbocycles. The van der Waals surface area contributed by atoms with Gasteiger partial charge >= 0.3 is 0 Å². The lowest BCUT2D eigenvalue weighted by molar-refractivity contribution is 0.626. The van der Waals surface area contributed by atoms with Gasteiger partial charge in [-0.1, -0.05) is 6.07 Å². The monoisotopic (exact) mass is 239 g/mol. The van der Waals surface area contributed by atoms with E-state index in [0.29, 0.717) is 0 Å². The van der Waals surface area contributed by atoms with E-state index in [4.69, 9.17) is 0 Å². The van der Waals surface area contributed by atoms with Crippen molar-refractivity contribution in [2.45, 2.75) is 0 Å². The number of hydrogen-bond acceptors (Lipinski definition) is 0. The van der Waals surface area contributed by atoms with E-state index in [2.05, 4.69) is 15.9 Å². The summed E-state index contributed by atoms with van der Waals surface area (Å²) in [6.45, 7) is 0. The minimum absolute atomic E-state index is 0.220. The van der Waals surface area contributed by atoms with E-state index in [1.807, 2.05) is 29.1 Å². The topological polar surface area (TPSA) is 4.93 Å². The standard InChI is InChI=1S/C10H7BrFN/c11-8-4-5-13(7-8)10-3-1-2-9(12)6-10/h1-7H. The van der Waals surface area contributed by atoms with E-state index in [9.17, 15) is 4.39 Å². The van der Waals surface area contributed by atoms with Gasteiger partial charge in [-0.05, 0) is 40.2 Å². The fourth-order valence-electron chi connectivity index (χ4n) is 1.17. The van der Waals surface area contributed by atoms with Crippen molar-refractivity contribution in [2.24, 2.45) is 0 Å². The van der Waals surface area contributed by atoms with E-state index < -0.39 is 0 Å². The van der Waals surface area contributed by atoms with Crippen LogP contribution in [0.5, 0.6) is 0 Å². The smallest absolute Gasteiger partial charge is 0.125 e. The second-order valence-electron chi connectivity index (χ2n) is 2.72. The van der Waals surface area contributed by atoms with Gasteiger partial charge in [-0.3, -0.25) is 0 Å². The second-order valence-corrected chi connectivity index (χ2v) is 3.63. The summed E-state index contributed by atoms with van der Waals surface area (Å²) in [5.41, 5.74) is 0.825. The zero-order valence-corrected chi connectivity index (χ0v) is 8.33. The Labute approximate surface area is 83.9 Å². The van der Waals surface area contributed by atoms with Crippen LogP contribution in [0.25, 0.3) is 5.69 Å². The maximum absolute atomic E-state index is 12.8.